The van der Waals surface area contributed by atoms with Gasteiger partial charge in [0.15, 0.2) is 0 Å². The van der Waals surface area contributed by atoms with Gasteiger partial charge in [-0.3, -0.25) is 0 Å². The van der Waals surface area contributed by atoms with Crippen LogP contribution in [0.3, 0.4) is 0 Å². The molecule has 2 aliphatic rings. The van der Waals surface area contributed by atoms with E-state index < -0.39 is 6.80 Å². The van der Waals surface area contributed by atoms with Crippen LogP contribution in [0.1, 0.15) is 72.6 Å². The number of hydrogen-bond donors (Lipinski definition) is 0. The van der Waals surface area contributed by atoms with E-state index in [0.717, 1.165) is 18.6 Å². The molecule has 6 heteroatoms. The van der Waals surface area contributed by atoms with E-state index in [0.29, 0.717) is 37.0 Å². The van der Waals surface area contributed by atoms with E-state index in [1.54, 1.807) is 0 Å². The van der Waals surface area contributed by atoms with Gasteiger partial charge in [0.1, 0.15) is 0 Å². The number of nitrogens with zero attached hydrogens (tertiary/aromatic N) is 1. The molecule has 4 nitrogen and oxygen atoms in total. The van der Waals surface area contributed by atoms with Gasteiger partial charge in [-0.1, -0.05) is 34.1 Å². The van der Waals surface area contributed by atoms with Crippen LogP contribution >= 0.6 is 18.2 Å². The van der Waals surface area contributed by atoms with Gasteiger partial charge in [0.25, 0.3) is 0 Å². The molecule has 2 rings (SSSR count). The van der Waals surface area contributed by atoms with Gasteiger partial charge in [0, 0.05) is 11.8 Å². The molecule has 2 aliphatic heterocycles. The third-order valence-corrected chi connectivity index (χ3v) is 9.48. The van der Waals surface area contributed by atoms with Crippen molar-refractivity contribution < 1.29 is 13.6 Å². The van der Waals surface area contributed by atoms with E-state index in [1.165, 1.54) is 56.6 Å². The van der Waals surface area contributed by atoms with E-state index in [4.69, 9.17) is 9.05 Å². The first-order valence-electron chi connectivity index (χ1n) is 10.7. The minimum absolute atomic E-state index is 0.532. The van der Waals surface area contributed by atoms with Crippen molar-refractivity contribution in [1.82, 2.24) is 4.90 Å². The van der Waals surface area contributed by atoms with Crippen LogP contribution in [0.5, 0.6) is 0 Å². The van der Waals surface area contributed by atoms with Crippen molar-refractivity contribution in [2.24, 2.45) is 17.8 Å². The van der Waals surface area contributed by atoms with Gasteiger partial charge in [-0.2, -0.15) is 0 Å². The highest BCUT2D eigenvalue weighted by atomic mass is 32.7. The first-order valence-corrected chi connectivity index (χ1v) is 13.8. The molecule has 0 N–H and O–H groups in total. The van der Waals surface area contributed by atoms with Crippen LogP contribution in [0.15, 0.2) is 0 Å². The third kappa shape index (κ3) is 7.83. The van der Waals surface area contributed by atoms with Crippen LogP contribution in [-0.4, -0.2) is 43.0 Å². The molecule has 0 amide bonds. The van der Waals surface area contributed by atoms with Crippen LogP contribution in [0, 0.1) is 17.8 Å². The zero-order valence-corrected chi connectivity index (χ0v) is 19.0. The second kappa shape index (κ2) is 11.5. The topological polar surface area (TPSA) is 38.8 Å². The fourth-order valence-corrected chi connectivity index (χ4v) is 7.53. The smallest absolute Gasteiger partial charge is 0.301 e. The SMILES string of the molecule is CC(C)CCOP(=O)(OCCC(C)C)SC[C@H]1CCCN2CCCCC12. The molecule has 154 valence electrons. The summed E-state index contributed by atoms with van der Waals surface area (Å²) < 4.78 is 24.9. The van der Waals surface area contributed by atoms with Crippen molar-refractivity contribution in [2.45, 2.75) is 78.7 Å². The van der Waals surface area contributed by atoms with Crippen molar-refractivity contribution in [3.8, 4) is 0 Å². The molecule has 0 bridgehead atoms. The summed E-state index contributed by atoms with van der Waals surface area (Å²) in [4.78, 5) is 2.67. The van der Waals surface area contributed by atoms with Gasteiger partial charge in [-0.05, 0) is 80.7 Å². The maximum absolute atomic E-state index is 13.3. The Bertz CT molecular complexity index is 427. The Balaban J connectivity index is 1.88. The van der Waals surface area contributed by atoms with Crippen molar-refractivity contribution in [3.05, 3.63) is 0 Å². The number of piperidine rings is 2. The maximum atomic E-state index is 13.3. The Labute approximate surface area is 165 Å². The predicted molar refractivity (Wildman–Crippen MR) is 113 cm³/mol. The fourth-order valence-electron chi connectivity index (χ4n) is 3.87. The van der Waals surface area contributed by atoms with Crippen LogP contribution < -0.4 is 0 Å². The van der Waals surface area contributed by atoms with E-state index >= 15 is 0 Å². The van der Waals surface area contributed by atoms with Crippen LogP contribution in [0.4, 0.5) is 0 Å². The lowest BCUT2D eigenvalue weighted by atomic mass is 9.85. The van der Waals surface area contributed by atoms with Crippen molar-refractivity contribution >= 4 is 18.2 Å². The summed E-state index contributed by atoms with van der Waals surface area (Å²) in [6.45, 7) is 9.18. The van der Waals surface area contributed by atoms with Gasteiger partial charge in [0.05, 0.1) is 13.2 Å². The molecule has 0 aromatic carbocycles. The highest BCUT2D eigenvalue weighted by Gasteiger charge is 2.35. The molecule has 2 saturated heterocycles. The number of rotatable bonds is 11. The standard InChI is InChI=1S/C20H40NO3PS/c1-17(2)10-14-23-25(22,24-15-11-18(3)4)26-16-19-8-7-13-21-12-6-5-9-20(19)21/h17-20H,5-16H2,1-4H3/t19-,20?/m1/s1. The minimum atomic E-state index is -3.05. The molecule has 2 heterocycles. The van der Waals surface area contributed by atoms with Gasteiger partial charge in [0.2, 0.25) is 0 Å². The summed E-state index contributed by atoms with van der Waals surface area (Å²) in [6, 6.07) is 0.685. The van der Waals surface area contributed by atoms with Crippen molar-refractivity contribution in [3.63, 3.8) is 0 Å². The summed E-state index contributed by atoms with van der Waals surface area (Å²) in [6.07, 6.45) is 8.37. The molecule has 0 aromatic heterocycles. The molecule has 2 fully saturated rings. The first kappa shape index (κ1) is 22.7. The molecular formula is C20H40NO3PS. The van der Waals surface area contributed by atoms with Crippen molar-refractivity contribution in [2.75, 3.05) is 32.1 Å². The lowest BCUT2D eigenvalue weighted by molar-refractivity contribution is 0.0693. The van der Waals surface area contributed by atoms with Crippen LogP contribution in [0.2, 0.25) is 0 Å². The molecule has 0 aromatic rings. The van der Waals surface area contributed by atoms with E-state index in [-0.39, 0.29) is 0 Å². The van der Waals surface area contributed by atoms with Gasteiger partial charge >= 0.3 is 6.80 Å². The van der Waals surface area contributed by atoms with Gasteiger partial charge < -0.3 is 13.9 Å². The molecule has 0 saturated carbocycles. The molecule has 26 heavy (non-hydrogen) atoms. The Morgan fingerprint density at radius 1 is 0.962 bits per heavy atom. The van der Waals surface area contributed by atoms with E-state index in [1.807, 2.05) is 0 Å². The monoisotopic (exact) mass is 405 g/mol. The van der Waals surface area contributed by atoms with Gasteiger partial charge in [-0.15, -0.1) is 0 Å². The molecule has 2 atom stereocenters. The van der Waals surface area contributed by atoms with Gasteiger partial charge in [-0.25, -0.2) is 4.57 Å². The Hall–Kier alpha value is 0.460. The molecule has 1 unspecified atom stereocenters. The summed E-state index contributed by atoms with van der Waals surface area (Å²) in [5, 5.41) is 0. The Morgan fingerprint density at radius 2 is 1.58 bits per heavy atom. The third-order valence-electron chi connectivity index (χ3n) is 5.56. The van der Waals surface area contributed by atoms with Crippen LogP contribution in [-0.2, 0) is 13.6 Å². The van der Waals surface area contributed by atoms with E-state index in [9.17, 15) is 4.57 Å². The average molecular weight is 406 g/mol. The second-order valence-corrected chi connectivity index (χ2v) is 12.9. The quantitative estimate of drug-likeness (QED) is 0.382. The molecular weight excluding hydrogens is 365 g/mol. The lowest BCUT2D eigenvalue weighted by Crippen LogP contribution is -2.48. The number of hydrogen-bond acceptors (Lipinski definition) is 5. The average Bonchev–Trinajstić information content (AvgIpc) is 2.59. The summed E-state index contributed by atoms with van der Waals surface area (Å²) in [7, 11) is 0. The lowest BCUT2D eigenvalue weighted by Gasteiger charge is -2.44. The first-order chi connectivity index (χ1) is 12.4. The summed E-state index contributed by atoms with van der Waals surface area (Å²) >= 11 is 1.47. The highest BCUT2D eigenvalue weighted by Crippen LogP contribution is 2.62. The number of fused-ring (bicyclic) bond motifs is 1. The summed E-state index contributed by atoms with van der Waals surface area (Å²) in [5.74, 6) is 2.64. The maximum Gasteiger partial charge on any atom is 0.389 e. The van der Waals surface area contributed by atoms with Crippen LogP contribution in [0.25, 0.3) is 0 Å². The Morgan fingerprint density at radius 3 is 2.19 bits per heavy atom. The molecule has 0 spiro atoms. The normalized spacial score (nSPS) is 25.0. The van der Waals surface area contributed by atoms with E-state index in [2.05, 4.69) is 32.6 Å². The zero-order chi connectivity index (χ0) is 19.0. The second-order valence-electron chi connectivity index (χ2n) is 8.78. The molecule has 0 aliphatic carbocycles. The summed E-state index contributed by atoms with van der Waals surface area (Å²) in [5.41, 5.74) is 0. The zero-order valence-electron chi connectivity index (χ0n) is 17.3. The largest absolute Gasteiger partial charge is 0.389 e. The minimum Gasteiger partial charge on any atom is -0.301 e. The predicted octanol–water partition coefficient (Wildman–Crippen LogP) is 6.22. The molecule has 0 radical (unpaired) electrons. The fraction of sp³-hybridized carbons (Fsp3) is 1.00. The van der Waals surface area contributed by atoms with Crippen molar-refractivity contribution in [1.29, 1.82) is 0 Å². The highest BCUT2D eigenvalue weighted by molar-refractivity contribution is 8.55. The Kier molecular flexibility index (Phi) is 10.0.